The number of likely N-dealkylation sites (tertiary alicyclic amines) is 1. The number of anilines is 1. The molecule has 1 amide bonds. The van der Waals surface area contributed by atoms with E-state index in [0.29, 0.717) is 30.9 Å². The Kier molecular flexibility index (Phi) is 9.31. The van der Waals surface area contributed by atoms with Crippen LogP contribution in [-0.4, -0.2) is 74.9 Å². The molecule has 10 nitrogen and oxygen atoms in total. The molecule has 5 rings (SSSR count). The summed E-state index contributed by atoms with van der Waals surface area (Å²) >= 11 is 0. The molecule has 2 aliphatic rings. The SMILES string of the molecule is CC(=O)N1CCC(Nc2cncc(C(=O)CC[C@H](O)CN3CCc4c(ccc(OCc5cnco5)c4C)C3)c2)CC1. The van der Waals surface area contributed by atoms with Crippen LogP contribution in [0.2, 0.25) is 0 Å². The first kappa shape index (κ1) is 28.8. The van der Waals surface area contributed by atoms with Crippen molar-refractivity contribution in [3.05, 3.63) is 71.2 Å². The van der Waals surface area contributed by atoms with Crippen LogP contribution in [0.15, 0.2) is 47.6 Å². The van der Waals surface area contributed by atoms with Gasteiger partial charge in [0.15, 0.2) is 17.9 Å². The summed E-state index contributed by atoms with van der Waals surface area (Å²) in [7, 11) is 0. The number of aromatic nitrogens is 2. The second kappa shape index (κ2) is 13.3. The minimum atomic E-state index is -0.591. The van der Waals surface area contributed by atoms with E-state index in [9.17, 15) is 14.7 Å². The highest BCUT2D eigenvalue weighted by Crippen LogP contribution is 2.30. The van der Waals surface area contributed by atoms with Gasteiger partial charge in [0.1, 0.15) is 12.4 Å². The highest BCUT2D eigenvalue weighted by Gasteiger charge is 2.23. The van der Waals surface area contributed by atoms with Gasteiger partial charge in [-0.15, -0.1) is 0 Å². The van der Waals surface area contributed by atoms with Gasteiger partial charge in [-0.05, 0) is 61.4 Å². The quantitative estimate of drug-likeness (QED) is 0.337. The van der Waals surface area contributed by atoms with Crippen molar-refractivity contribution < 1.29 is 23.8 Å². The number of aliphatic hydroxyl groups excluding tert-OH is 1. The predicted octanol–water partition coefficient (Wildman–Crippen LogP) is 3.76. The Balaban J connectivity index is 1.07. The van der Waals surface area contributed by atoms with E-state index < -0.39 is 6.10 Å². The van der Waals surface area contributed by atoms with Gasteiger partial charge in [-0.3, -0.25) is 19.5 Å². The number of carbonyl (C=O) groups excluding carboxylic acids is 2. The van der Waals surface area contributed by atoms with Gasteiger partial charge >= 0.3 is 0 Å². The first-order valence-electron chi connectivity index (χ1n) is 14.4. The number of piperidine rings is 1. The van der Waals surface area contributed by atoms with Gasteiger partial charge in [0.25, 0.3) is 0 Å². The van der Waals surface area contributed by atoms with Gasteiger partial charge in [0, 0.05) is 70.1 Å². The molecule has 1 atom stereocenters. The number of hydrogen-bond acceptors (Lipinski definition) is 9. The summed E-state index contributed by atoms with van der Waals surface area (Å²) in [5.74, 6) is 1.62. The van der Waals surface area contributed by atoms with Crippen molar-refractivity contribution in [3.63, 3.8) is 0 Å². The number of carbonyl (C=O) groups is 2. The Hall–Kier alpha value is -3.76. The largest absolute Gasteiger partial charge is 0.485 e. The van der Waals surface area contributed by atoms with E-state index in [4.69, 9.17) is 9.15 Å². The molecular weight excluding hydrogens is 522 g/mol. The van der Waals surface area contributed by atoms with Crippen LogP contribution in [0.5, 0.6) is 5.75 Å². The average Bonchev–Trinajstić information content (AvgIpc) is 3.50. The monoisotopic (exact) mass is 561 g/mol. The van der Waals surface area contributed by atoms with E-state index in [1.165, 1.54) is 17.5 Å². The molecule has 10 heteroatoms. The summed E-state index contributed by atoms with van der Waals surface area (Å²) < 4.78 is 11.2. The molecular formula is C31H39N5O5. The van der Waals surface area contributed by atoms with Crippen LogP contribution < -0.4 is 10.1 Å². The Morgan fingerprint density at radius 1 is 1.17 bits per heavy atom. The van der Waals surface area contributed by atoms with Gasteiger partial charge in [-0.25, -0.2) is 4.98 Å². The lowest BCUT2D eigenvalue weighted by Crippen LogP contribution is -2.41. The van der Waals surface area contributed by atoms with E-state index >= 15 is 0 Å². The first-order valence-corrected chi connectivity index (χ1v) is 14.4. The summed E-state index contributed by atoms with van der Waals surface area (Å²) in [6.07, 6.45) is 9.05. The smallest absolute Gasteiger partial charge is 0.219 e. The van der Waals surface area contributed by atoms with E-state index in [-0.39, 0.29) is 24.2 Å². The molecule has 1 saturated heterocycles. The molecule has 2 N–H and O–H groups in total. The van der Waals surface area contributed by atoms with E-state index in [0.717, 1.165) is 62.4 Å². The Labute approximate surface area is 240 Å². The molecule has 0 bridgehead atoms. The summed E-state index contributed by atoms with van der Waals surface area (Å²) in [5.41, 5.74) is 5.04. The van der Waals surface area contributed by atoms with Crippen LogP contribution in [0.3, 0.4) is 0 Å². The number of Topliss-reactive ketones (excluding diaryl/α,β-unsaturated/α-hetero) is 1. The standard InChI is InChI=1S/C31H39N5O5/c1-21-29-9-10-35(17-23(29)3-6-31(21)40-19-28-16-33-20-41-28)18-27(38)4-5-30(39)24-13-26(15-32-14-24)34-25-7-11-36(12-8-25)22(2)37/h3,6,13-16,20,25,27,34,38H,4-5,7-12,17-19H2,1-2H3/t27-/m0/s1. The number of amides is 1. The molecule has 0 spiro atoms. The van der Waals surface area contributed by atoms with E-state index in [1.54, 1.807) is 25.5 Å². The van der Waals surface area contributed by atoms with Crippen LogP contribution in [0, 0.1) is 6.92 Å². The zero-order valence-electron chi connectivity index (χ0n) is 23.8. The Morgan fingerprint density at radius 2 is 2.00 bits per heavy atom. The molecule has 0 unspecified atom stereocenters. The molecule has 4 heterocycles. The molecule has 1 fully saturated rings. The van der Waals surface area contributed by atoms with E-state index in [2.05, 4.69) is 33.2 Å². The summed E-state index contributed by atoms with van der Waals surface area (Å²) in [6, 6.07) is 6.18. The molecule has 2 aromatic heterocycles. The Morgan fingerprint density at radius 3 is 2.76 bits per heavy atom. The third-order valence-electron chi connectivity index (χ3n) is 8.12. The molecule has 0 aliphatic carbocycles. The number of ether oxygens (including phenoxy) is 1. The number of fused-ring (bicyclic) bond motifs is 1. The van der Waals surface area contributed by atoms with Crippen LogP contribution >= 0.6 is 0 Å². The molecule has 41 heavy (non-hydrogen) atoms. The van der Waals surface area contributed by atoms with Gasteiger partial charge in [-0.1, -0.05) is 6.07 Å². The predicted molar refractivity (Wildman–Crippen MR) is 154 cm³/mol. The number of aliphatic hydroxyl groups is 1. The number of ketones is 1. The average molecular weight is 562 g/mol. The maximum atomic E-state index is 12.9. The third kappa shape index (κ3) is 7.51. The topological polar surface area (TPSA) is 121 Å². The molecule has 1 aromatic carbocycles. The van der Waals surface area contributed by atoms with Crippen LogP contribution in [0.1, 0.15) is 65.4 Å². The molecule has 0 saturated carbocycles. The lowest BCUT2D eigenvalue weighted by atomic mass is 9.94. The normalized spacial score (nSPS) is 16.7. The zero-order valence-corrected chi connectivity index (χ0v) is 23.8. The highest BCUT2D eigenvalue weighted by atomic mass is 16.5. The minimum absolute atomic E-state index is 0.0240. The van der Waals surface area contributed by atoms with E-state index in [1.807, 2.05) is 17.0 Å². The van der Waals surface area contributed by atoms with Crippen LogP contribution in [0.4, 0.5) is 5.69 Å². The van der Waals surface area contributed by atoms with Crippen LogP contribution in [0.25, 0.3) is 0 Å². The second-order valence-electron chi connectivity index (χ2n) is 11.1. The number of β-amino-alcohol motifs (C(OH)–C–C–N with tert-alkyl or cyclic N) is 1. The molecule has 218 valence electrons. The Bertz CT molecular complexity index is 1340. The van der Waals surface area contributed by atoms with Crippen molar-refractivity contribution in [2.75, 3.05) is 31.5 Å². The van der Waals surface area contributed by atoms with Crippen molar-refractivity contribution in [3.8, 4) is 5.75 Å². The fourth-order valence-electron chi connectivity index (χ4n) is 5.73. The minimum Gasteiger partial charge on any atom is -0.485 e. The lowest BCUT2D eigenvalue weighted by Gasteiger charge is -2.32. The van der Waals surface area contributed by atoms with Crippen molar-refractivity contribution in [2.24, 2.45) is 0 Å². The first-order chi connectivity index (χ1) is 19.9. The number of pyridine rings is 1. The number of benzene rings is 1. The fraction of sp³-hybridized carbons (Fsp3) is 0.484. The van der Waals surface area contributed by atoms with Crippen molar-refractivity contribution in [2.45, 2.75) is 71.2 Å². The lowest BCUT2D eigenvalue weighted by molar-refractivity contribution is -0.129. The molecule has 0 radical (unpaired) electrons. The number of rotatable bonds is 11. The van der Waals surface area contributed by atoms with Gasteiger partial charge < -0.3 is 24.5 Å². The number of nitrogens with one attached hydrogen (secondary N) is 1. The van der Waals surface area contributed by atoms with Gasteiger partial charge in [-0.2, -0.15) is 0 Å². The zero-order chi connectivity index (χ0) is 28.8. The van der Waals surface area contributed by atoms with Crippen molar-refractivity contribution in [1.29, 1.82) is 0 Å². The molecule has 2 aliphatic heterocycles. The van der Waals surface area contributed by atoms with Crippen molar-refractivity contribution in [1.82, 2.24) is 19.8 Å². The molecule has 3 aromatic rings. The number of oxazole rings is 1. The third-order valence-corrected chi connectivity index (χ3v) is 8.12. The summed E-state index contributed by atoms with van der Waals surface area (Å²) in [6.45, 7) is 7.62. The second-order valence-corrected chi connectivity index (χ2v) is 11.1. The summed E-state index contributed by atoms with van der Waals surface area (Å²) in [5, 5.41) is 14.2. The van der Waals surface area contributed by atoms with Gasteiger partial charge in [0.05, 0.1) is 18.0 Å². The maximum Gasteiger partial charge on any atom is 0.219 e. The number of nitrogens with zero attached hydrogens (tertiary/aromatic N) is 4. The van der Waals surface area contributed by atoms with Crippen LogP contribution in [-0.2, 0) is 24.4 Å². The maximum absolute atomic E-state index is 12.9. The number of hydrogen-bond donors (Lipinski definition) is 2. The highest BCUT2D eigenvalue weighted by molar-refractivity contribution is 5.96. The summed E-state index contributed by atoms with van der Waals surface area (Å²) in [4.78, 5) is 36.8. The van der Waals surface area contributed by atoms with Crippen molar-refractivity contribution >= 4 is 17.4 Å². The fourth-order valence-corrected chi connectivity index (χ4v) is 5.73. The van der Waals surface area contributed by atoms with Gasteiger partial charge in [0.2, 0.25) is 5.91 Å².